The third kappa shape index (κ3) is 2.24. The number of hydrogen-bond donors (Lipinski definition) is 0. The molecular formula is C7H2BrClF3NO. The first-order chi connectivity index (χ1) is 6.43. The minimum Gasteiger partial charge on any atom is -0.275 e. The average Bonchev–Trinajstić information content (AvgIpc) is 2.01. The number of carbonyl (C=O) groups is 1. The van der Waals surface area contributed by atoms with Gasteiger partial charge in [-0.2, -0.15) is 4.39 Å². The molecule has 0 saturated heterocycles. The molecule has 1 aromatic heterocycles. The second-order valence-electron chi connectivity index (χ2n) is 2.27. The third-order valence-corrected chi connectivity index (χ3v) is 2.18. The van der Waals surface area contributed by atoms with Crippen molar-refractivity contribution in [2.75, 3.05) is 0 Å². The second kappa shape index (κ2) is 4.27. The lowest BCUT2D eigenvalue weighted by Crippen LogP contribution is -2.03. The molecule has 0 spiro atoms. The summed E-state index contributed by atoms with van der Waals surface area (Å²) >= 11 is 7.76. The molecule has 0 atom stereocenters. The van der Waals surface area contributed by atoms with E-state index >= 15 is 0 Å². The van der Waals surface area contributed by atoms with E-state index in [1.165, 1.54) is 0 Å². The lowest BCUT2D eigenvalue weighted by atomic mass is 10.2. The summed E-state index contributed by atoms with van der Waals surface area (Å²) in [5.74, 6) is -1.31. The highest BCUT2D eigenvalue weighted by molar-refractivity contribution is 9.10. The SMILES string of the molecule is O=C(Cl)c1c(Br)cc(C(F)F)nc1F. The summed E-state index contributed by atoms with van der Waals surface area (Å²) in [5, 5.41) is -1.09. The van der Waals surface area contributed by atoms with Crippen molar-refractivity contribution in [1.29, 1.82) is 0 Å². The predicted octanol–water partition coefficient (Wildman–Crippen LogP) is 3.30. The quantitative estimate of drug-likeness (QED) is 0.617. The Morgan fingerprint density at radius 1 is 1.57 bits per heavy atom. The van der Waals surface area contributed by atoms with Gasteiger partial charge >= 0.3 is 0 Å². The highest BCUT2D eigenvalue weighted by Crippen LogP contribution is 2.26. The number of rotatable bonds is 2. The van der Waals surface area contributed by atoms with Crippen molar-refractivity contribution in [3.8, 4) is 0 Å². The van der Waals surface area contributed by atoms with Gasteiger partial charge in [0.2, 0.25) is 5.95 Å². The van der Waals surface area contributed by atoms with Crippen molar-refractivity contribution in [3.63, 3.8) is 0 Å². The fraction of sp³-hybridized carbons (Fsp3) is 0.143. The molecule has 0 fully saturated rings. The van der Waals surface area contributed by atoms with Crippen LogP contribution in [0.15, 0.2) is 10.5 Å². The fourth-order valence-electron chi connectivity index (χ4n) is 0.789. The fourth-order valence-corrected chi connectivity index (χ4v) is 1.66. The van der Waals surface area contributed by atoms with Crippen LogP contribution in [0.4, 0.5) is 13.2 Å². The molecule has 0 saturated carbocycles. The maximum atomic E-state index is 12.9. The van der Waals surface area contributed by atoms with Gasteiger partial charge in [-0.25, -0.2) is 13.8 Å². The lowest BCUT2D eigenvalue weighted by molar-refractivity contribution is 0.107. The molecule has 1 heterocycles. The molecule has 0 bridgehead atoms. The number of halogens is 5. The topological polar surface area (TPSA) is 30.0 Å². The molecule has 0 N–H and O–H groups in total. The van der Waals surface area contributed by atoms with Gasteiger partial charge in [0, 0.05) is 4.47 Å². The smallest absolute Gasteiger partial charge is 0.275 e. The van der Waals surface area contributed by atoms with E-state index in [1.807, 2.05) is 0 Å². The van der Waals surface area contributed by atoms with Crippen molar-refractivity contribution in [2.24, 2.45) is 0 Å². The first kappa shape index (κ1) is 11.5. The van der Waals surface area contributed by atoms with Gasteiger partial charge in [0.25, 0.3) is 11.7 Å². The molecule has 1 aromatic rings. The molecule has 0 aliphatic carbocycles. The van der Waals surface area contributed by atoms with Crippen LogP contribution in [0.2, 0.25) is 0 Å². The zero-order valence-electron chi connectivity index (χ0n) is 6.40. The number of carbonyl (C=O) groups excluding carboxylic acids is 1. The molecular weight excluding hydrogens is 286 g/mol. The summed E-state index contributed by atoms with van der Waals surface area (Å²) in [6, 6.07) is 0.851. The van der Waals surface area contributed by atoms with Crippen molar-refractivity contribution in [3.05, 3.63) is 27.7 Å². The Bertz CT molecular complexity index is 362. The van der Waals surface area contributed by atoms with Gasteiger partial charge in [-0.05, 0) is 33.6 Å². The van der Waals surface area contributed by atoms with Gasteiger partial charge in [0.15, 0.2) is 0 Å². The van der Waals surface area contributed by atoms with Crippen LogP contribution in [0, 0.1) is 5.95 Å². The minimum absolute atomic E-state index is 0.139. The standard InChI is InChI=1S/C7H2BrClF3NO/c8-2-1-3(6(10)11)13-7(12)4(2)5(9)14/h1,6H. The number of hydrogen-bond acceptors (Lipinski definition) is 2. The van der Waals surface area contributed by atoms with Gasteiger partial charge < -0.3 is 0 Å². The van der Waals surface area contributed by atoms with Crippen molar-refractivity contribution >= 4 is 32.8 Å². The Morgan fingerprint density at radius 2 is 2.14 bits per heavy atom. The molecule has 2 nitrogen and oxygen atoms in total. The largest absolute Gasteiger partial charge is 0.280 e. The number of nitrogens with zero attached hydrogens (tertiary/aromatic N) is 1. The summed E-state index contributed by atoms with van der Waals surface area (Å²) in [4.78, 5) is 13.5. The van der Waals surface area contributed by atoms with E-state index in [2.05, 4.69) is 20.9 Å². The van der Waals surface area contributed by atoms with Crippen LogP contribution in [0.25, 0.3) is 0 Å². The van der Waals surface area contributed by atoms with E-state index in [0.29, 0.717) is 0 Å². The Kier molecular flexibility index (Phi) is 3.49. The molecule has 0 amide bonds. The minimum atomic E-state index is -2.90. The molecule has 0 unspecified atom stereocenters. The number of aromatic nitrogens is 1. The second-order valence-corrected chi connectivity index (χ2v) is 3.47. The van der Waals surface area contributed by atoms with E-state index in [1.54, 1.807) is 0 Å². The van der Waals surface area contributed by atoms with Gasteiger partial charge in [-0.1, -0.05) is 0 Å². The third-order valence-electron chi connectivity index (χ3n) is 1.37. The van der Waals surface area contributed by atoms with Crippen LogP contribution < -0.4 is 0 Å². The Hall–Kier alpha value is -0.620. The molecule has 14 heavy (non-hydrogen) atoms. The molecule has 7 heteroatoms. The average molecular weight is 288 g/mol. The van der Waals surface area contributed by atoms with Crippen LogP contribution in [0.3, 0.4) is 0 Å². The first-order valence-electron chi connectivity index (χ1n) is 3.27. The lowest BCUT2D eigenvalue weighted by Gasteiger charge is -2.03. The molecule has 0 aliphatic heterocycles. The van der Waals surface area contributed by atoms with Crippen LogP contribution in [0.1, 0.15) is 22.5 Å². The van der Waals surface area contributed by atoms with E-state index < -0.39 is 28.9 Å². The Morgan fingerprint density at radius 3 is 2.50 bits per heavy atom. The van der Waals surface area contributed by atoms with E-state index in [-0.39, 0.29) is 4.47 Å². The van der Waals surface area contributed by atoms with Crippen LogP contribution in [-0.2, 0) is 0 Å². The summed E-state index contributed by atoms with van der Waals surface area (Å²) in [6.07, 6.45) is -2.90. The molecule has 0 aliphatic rings. The maximum absolute atomic E-state index is 12.9. The van der Waals surface area contributed by atoms with Gasteiger partial charge in [0.1, 0.15) is 11.3 Å². The van der Waals surface area contributed by atoms with Crippen LogP contribution in [-0.4, -0.2) is 10.2 Å². The van der Waals surface area contributed by atoms with E-state index in [4.69, 9.17) is 11.6 Å². The van der Waals surface area contributed by atoms with Crippen molar-refractivity contribution in [2.45, 2.75) is 6.43 Å². The molecule has 0 radical (unpaired) electrons. The highest BCUT2D eigenvalue weighted by Gasteiger charge is 2.19. The number of pyridine rings is 1. The monoisotopic (exact) mass is 287 g/mol. The van der Waals surface area contributed by atoms with Crippen LogP contribution in [0.5, 0.6) is 0 Å². The van der Waals surface area contributed by atoms with E-state index in [9.17, 15) is 18.0 Å². The summed E-state index contributed by atoms with van der Waals surface area (Å²) in [6.45, 7) is 0. The molecule has 0 aromatic carbocycles. The summed E-state index contributed by atoms with van der Waals surface area (Å²) in [7, 11) is 0. The van der Waals surface area contributed by atoms with E-state index in [0.717, 1.165) is 6.07 Å². The van der Waals surface area contributed by atoms with Crippen molar-refractivity contribution < 1.29 is 18.0 Å². The highest BCUT2D eigenvalue weighted by atomic mass is 79.9. The Labute approximate surface area is 90.2 Å². The van der Waals surface area contributed by atoms with Gasteiger partial charge in [-0.15, -0.1) is 0 Å². The summed E-state index contributed by atoms with van der Waals surface area (Å²) in [5.41, 5.74) is -1.30. The maximum Gasteiger partial charge on any atom is 0.280 e. The van der Waals surface area contributed by atoms with Crippen molar-refractivity contribution in [1.82, 2.24) is 4.98 Å². The normalized spacial score (nSPS) is 10.7. The van der Waals surface area contributed by atoms with Crippen LogP contribution >= 0.6 is 27.5 Å². The predicted molar refractivity (Wildman–Crippen MR) is 47.0 cm³/mol. The summed E-state index contributed by atoms with van der Waals surface area (Å²) < 4.78 is 37.0. The van der Waals surface area contributed by atoms with Gasteiger partial charge in [0.05, 0.1) is 0 Å². The molecule has 1 rings (SSSR count). The molecule has 76 valence electrons. The van der Waals surface area contributed by atoms with Gasteiger partial charge in [-0.3, -0.25) is 4.79 Å². The number of alkyl halides is 2. The zero-order chi connectivity index (χ0) is 10.9. The zero-order valence-corrected chi connectivity index (χ0v) is 8.74. The Balaban J connectivity index is 3.32. The first-order valence-corrected chi connectivity index (χ1v) is 4.44.